The van der Waals surface area contributed by atoms with Gasteiger partial charge in [-0.1, -0.05) is 0 Å². The molecule has 112 valence electrons. The third kappa shape index (κ3) is 2.79. The fraction of sp³-hybridized carbons (Fsp3) is 0.125. The molecule has 0 aliphatic carbocycles. The summed E-state index contributed by atoms with van der Waals surface area (Å²) in [6, 6.07) is 8.56. The van der Waals surface area contributed by atoms with Crippen LogP contribution in [0.2, 0.25) is 0 Å². The van der Waals surface area contributed by atoms with Gasteiger partial charge in [0.15, 0.2) is 0 Å². The molecule has 0 saturated heterocycles. The summed E-state index contributed by atoms with van der Waals surface area (Å²) in [4.78, 5) is 26.7. The number of carbonyl (C=O) groups is 1. The average molecular weight is 313 g/mol. The lowest BCUT2D eigenvalue weighted by atomic mass is 10.1. The lowest BCUT2D eigenvalue weighted by molar-refractivity contribution is -0.118. The van der Waals surface area contributed by atoms with E-state index in [4.69, 9.17) is 0 Å². The van der Waals surface area contributed by atoms with Crippen LogP contribution in [0.25, 0.3) is 10.8 Å². The first-order chi connectivity index (χ1) is 10.7. The Morgan fingerprint density at radius 1 is 1.27 bits per heavy atom. The van der Waals surface area contributed by atoms with E-state index >= 15 is 0 Å². The van der Waals surface area contributed by atoms with Crippen LogP contribution in [0.15, 0.2) is 52.1 Å². The molecule has 0 saturated carbocycles. The molecule has 3 rings (SSSR count). The molecular formula is C16H15N3O2S. The Morgan fingerprint density at radius 2 is 2.14 bits per heavy atom. The Morgan fingerprint density at radius 3 is 2.86 bits per heavy atom. The minimum absolute atomic E-state index is 0.134. The molecule has 0 unspecified atom stereocenters. The van der Waals surface area contributed by atoms with E-state index in [9.17, 15) is 9.59 Å². The van der Waals surface area contributed by atoms with Crippen LogP contribution in [0, 0.1) is 0 Å². The number of amides is 1. The first kappa shape index (κ1) is 14.5. The highest BCUT2D eigenvalue weighted by molar-refractivity contribution is 7.08. The molecule has 3 aromatic rings. The molecule has 22 heavy (non-hydrogen) atoms. The molecular weight excluding hydrogens is 298 g/mol. The number of aromatic nitrogens is 1. The molecule has 1 amide bonds. The lowest BCUT2D eigenvalue weighted by Crippen LogP contribution is -2.30. The van der Waals surface area contributed by atoms with Gasteiger partial charge in [-0.3, -0.25) is 9.59 Å². The first-order valence-electron chi connectivity index (χ1n) is 6.81. The van der Waals surface area contributed by atoms with Crippen molar-refractivity contribution in [3.05, 3.63) is 63.2 Å². The fourth-order valence-corrected chi connectivity index (χ4v) is 3.06. The van der Waals surface area contributed by atoms with Crippen molar-refractivity contribution in [1.29, 1.82) is 0 Å². The van der Waals surface area contributed by atoms with Crippen molar-refractivity contribution in [3.8, 4) is 0 Å². The highest BCUT2D eigenvalue weighted by Crippen LogP contribution is 2.20. The number of hydrogen-bond donors (Lipinski definition) is 3. The van der Waals surface area contributed by atoms with Gasteiger partial charge in [-0.05, 0) is 59.1 Å². The monoisotopic (exact) mass is 313 g/mol. The molecule has 0 aliphatic heterocycles. The SMILES string of the molecule is CN[C@@H](C(=O)Nc1ccc2c(=O)[nH]ccc2c1)c1ccsc1. The highest BCUT2D eigenvalue weighted by Gasteiger charge is 2.19. The van der Waals surface area contributed by atoms with E-state index in [1.165, 1.54) is 0 Å². The molecule has 1 aromatic carbocycles. The maximum Gasteiger partial charge on any atom is 0.255 e. The first-order valence-corrected chi connectivity index (χ1v) is 7.75. The molecule has 0 spiro atoms. The Kier molecular flexibility index (Phi) is 4.04. The van der Waals surface area contributed by atoms with E-state index in [-0.39, 0.29) is 11.5 Å². The second kappa shape index (κ2) is 6.13. The summed E-state index contributed by atoms with van der Waals surface area (Å²) < 4.78 is 0. The van der Waals surface area contributed by atoms with Gasteiger partial charge < -0.3 is 15.6 Å². The third-order valence-corrected chi connectivity index (χ3v) is 4.17. The normalized spacial score (nSPS) is 12.2. The average Bonchev–Trinajstić information content (AvgIpc) is 3.02. The topological polar surface area (TPSA) is 74.0 Å². The zero-order chi connectivity index (χ0) is 15.5. The van der Waals surface area contributed by atoms with Crippen molar-refractivity contribution in [1.82, 2.24) is 10.3 Å². The second-order valence-electron chi connectivity index (χ2n) is 4.88. The van der Waals surface area contributed by atoms with Crippen molar-refractivity contribution in [2.24, 2.45) is 0 Å². The van der Waals surface area contributed by atoms with Crippen LogP contribution in [0.4, 0.5) is 5.69 Å². The fourth-order valence-electron chi connectivity index (χ4n) is 2.37. The number of H-pyrrole nitrogens is 1. The Hall–Kier alpha value is -2.44. The number of rotatable bonds is 4. The summed E-state index contributed by atoms with van der Waals surface area (Å²) in [6.07, 6.45) is 1.60. The predicted molar refractivity (Wildman–Crippen MR) is 89.3 cm³/mol. The van der Waals surface area contributed by atoms with Crippen LogP contribution >= 0.6 is 11.3 Å². The van der Waals surface area contributed by atoms with Crippen LogP contribution in [-0.4, -0.2) is 17.9 Å². The molecule has 2 heterocycles. The quantitative estimate of drug-likeness (QED) is 0.693. The van der Waals surface area contributed by atoms with E-state index in [1.54, 1.807) is 48.8 Å². The summed E-state index contributed by atoms with van der Waals surface area (Å²) in [7, 11) is 1.75. The standard InChI is InChI=1S/C16H15N3O2S/c1-17-14(11-5-7-22-9-11)16(21)19-12-2-3-13-10(8-12)4-6-18-15(13)20/h2-9,14,17H,1H3,(H,18,20)(H,19,21)/t14-/m1/s1. The molecule has 5 nitrogen and oxygen atoms in total. The van der Waals surface area contributed by atoms with E-state index in [0.717, 1.165) is 10.9 Å². The molecule has 0 fully saturated rings. The van der Waals surface area contributed by atoms with Crippen molar-refractivity contribution in [2.45, 2.75) is 6.04 Å². The minimum atomic E-state index is -0.402. The van der Waals surface area contributed by atoms with Crippen LogP contribution in [0.1, 0.15) is 11.6 Å². The molecule has 0 bridgehead atoms. The molecule has 1 atom stereocenters. The Balaban J connectivity index is 1.86. The molecule has 3 N–H and O–H groups in total. The number of fused-ring (bicyclic) bond motifs is 1. The maximum atomic E-state index is 12.4. The van der Waals surface area contributed by atoms with Gasteiger partial charge in [0.1, 0.15) is 6.04 Å². The van der Waals surface area contributed by atoms with Crippen molar-refractivity contribution in [2.75, 3.05) is 12.4 Å². The van der Waals surface area contributed by atoms with Crippen molar-refractivity contribution >= 4 is 33.7 Å². The van der Waals surface area contributed by atoms with Gasteiger partial charge in [-0.25, -0.2) is 0 Å². The smallest absolute Gasteiger partial charge is 0.255 e. The Bertz CT molecular complexity index is 855. The lowest BCUT2D eigenvalue weighted by Gasteiger charge is -2.15. The van der Waals surface area contributed by atoms with Gasteiger partial charge in [-0.2, -0.15) is 11.3 Å². The molecule has 0 radical (unpaired) electrons. The second-order valence-corrected chi connectivity index (χ2v) is 5.66. The summed E-state index contributed by atoms with van der Waals surface area (Å²) >= 11 is 1.55. The van der Waals surface area contributed by atoms with Gasteiger partial charge in [-0.15, -0.1) is 0 Å². The van der Waals surface area contributed by atoms with Gasteiger partial charge in [0.2, 0.25) is 5.91 Å². The van der Waals surface area contributed by atoms with E-state index in [1.807, 2.05) is 16.8 Å². The summed E-state index contributed by atoms with van der Waals surface area (Å²) in [5, 5.41) is 11.2. The largest absolute Gasteiger partial charge is 0.329 e. The van der Waals surface area contributed by atoms with Crippen LogP contribution in [0.5, 0.6) is 0 Å². The zero-order valence-corrected chi connectivity index (χ0v) is 12.7. The van der Waals surface area contributed by atoms with E-state index < -0.39 is 6.04 Å². The third-order valence-electron chi connectivity index (χ3n) is 3.47. The number of aromatic amines is 1. The number of carbonyl (C=O) groups excluding carboxylic acids is 1. The van der Waals surface area contributed by atoms with Crippen LogP contribution < -0.4 is 16.2 Å². The summed E-state index contributed by atoms with van der Waals surface area (Å²) in [5.74, 6) is -0.134. The zero-order valence-electron chi connectivity index (χ0n) is 11.9. The number of nitrogens with one attached hydrogen (secondary N) is 3. The van der Waals surface area contributed by atoms with Gasteiger partial charge >= 0.3 is 0 Å². The number of likely N-dealkylation sites (N-methyl/N-ethyl adjacent to an activating group) is 1. The Labute approximate surface area is 131 Å². The maximum absolute atomic E-state index is 12.4. The minimum Gasteiger partial charge on any atom is -0.329 e. The van der Waals surface area contributed by atoms with Crippen LogP contribution in [-0.2, 0) is 4.79 Å². The predicted octanol–water partition coefficient (Wildman–Crippen LogP) is 2.49. The van der Waals surface area contributed by atoms with Crippen molar-refractivity contribution in [3.63, 3.8) is 0 Å². The molecule has 2 aromatic heterocycles. The van der Waals surface area contributed by atoms with Gasteiger partial charge in [0.25, 0.3) is 5.56 Å². The summed E-state index contributed by atoms with van der Waals surface area (Å²) in [5.41, 5.74) is 1.46. The van der Waals surface area contributed by atoms with E-state index in [2.05, 4.69) is 15.6 Å². The molecule has 0 aliphatic rings. The van der Waals surface area contributed by atoms with Gasteiger partial charge in [0, 0.05) is 17.3 Å². The number of thiophene rings is 1. The van der Waals surface area contributed by atoms with Crippen molar-refractivity contribution < 1.29 is 4.79 Å². The molecule has 6 heteroatoms. The van der Waals surface area contributed by atoms with Crippen LogP contribution in [0.3, 0.4) is 0 Å². The number of anilines is 1. The number of pyridine rings is 1. The van der Waals surface area contributed by atoms with E-state index in [0.29, 0.717) is 11.1 Å². The number of benzene rings is 1. The van der Waals surface area contributed by atoms with Gasteiger partial charge in [0.05, 0.1) is 0 Å². The highest BCUT2D eigenvalue weighted by atomic mass is 32.1. The summed E-state index contributed by atoms with van der Waals surface area (Å²) in [6.45, 7) is 0. The number of hydrogen-bond acceptors (Lipinski definition) is 4.